The first kappa shape index (κ1) is 16.5. The van der Waals surface area contributed by atoms with Crippen molar-refractivity contribution in [1.29, 1.82) is 0 Å². The third-order valence-electron chi connectivity index (χ3n) is 3.97. The summed E-state index contributed by atoms with van der Waals surface area (Å²) in [4.78, 5) is 12.1. The van der Waals surface area contributed by atoms with Crippen molar-refractivity contribution in [2.75, 3.05) is 5.32 Å². The maximum absolute atomic E-state index is 12.1. The van der Waals surface area contributed by atoms with Crippen LogP contribution >= 0.6 is 12.4 Å². The van der Waals surface area contributed by atoms with Gasteiger partial charge in [-0.1, -0.05) is 12.1 Å². The van der Waals surface area contributed by atoms with Gasteiger partial charge in [-0.25, -0.2) is 0 Å². The van der Waals surface area contributed by atoms with Crippen LogP contribution in [0.5, 0.6) is 0 Å². The van der Waals surface area contributed by atoms with E-state index in [1.54, 1.807) is 6.20 Å². The molecule has 0 aliphatic heterocycles. The van der Waals surface area contributed by atoms with Crippen LogP contribution in [0.25, 0.3) is 0 Å². The van der Waals surface area contributed by atoms with Crippen LogP contribution in [0.4, 0.5) is 5.69 Å². The highest BCUT2D eigenvalue weighted by Crippen LogP contribution is 2.25. The van der Waals surface area contributed by atoms with Gasteiger partial charge in [0.25, 0.3) is 0 Å². The van der Waals surface area contributed by atoms with Crippen molar-refractivity contribution < 1.29 is 4.79 Å². The number of hydrogen-bond donors (Lipinski definition) is 2. The third-order valence-corrected chi connectivity index (χ3v) is 3.97. The Morgan fingerprint density at radius 3 is 2.68 bits per heavy atom. The maximum atomic E-state index is 12.1. The molecule has 22 heavy (non-hydrogen) atoms. The first-order valence-corrected chi connectivity index (χ1v) is 7.33. The Morgan fingerprint density at radius 2 is 2.09 bits per heavy atom. The van der Waals surface area contributed by atoms with Crippen LogP contribution in [-0.2, 0) is 11.3 Å². The zero-order chi connectivity index (χ0) is 14.7. The summed E-state index contributed by atoms with van der Waals surface area (Å²) in [7, 11) is 0. The van der Waals surface area contributed by atoms with Crippen molar-refractivity contribution in [2.45, 2.75) is 31.8 Å². The Kier molecular flexibility index (Phi) is 5.57. The largest absolute Gasteiger partial charge is 0.328 e. The van der Waals surface area contributed by atoms with Gasteiger partial charge in [0.15, 0.2) is 0 Å². The lowest BCUT2D eigenvalue weighted by Crippen LogP contribution is -2.23. The lowest BCUT2D eigenvalue weighted by Gasteiger charge is -2.11. The van der Waals surface area contributed by atoms with Gasteiger partial charge in [-0.15, -0.1) is 12.4 Å². The number of nitrogens with two attached hydrogens (primary N) is 1. The second-order valence-electron chi connectivity index (χ2n) is 5.66. The second kappa shape index (κ2) is 7.42. The van der Waals surface area contributed by atoms with E-state index in [9.17, 15) is 4.79 Å². The molecule has 118 valence electrons. The molecule has 1 amide bonds. The zero-order valence-corrected chi connectivity index (χ0v) is 13.1. The minimum atomic E-state index is 0. The molecule has 6 heteroatoms. The lowest BCUT2D eigenvalue weighted by atomic mass is 10.1. The van der Waals surface area contributed by atoms with Crippen molar-refractivity contribution in [3.05, 3.63) is 48.3 Å². The molecule has 2 atom stereocenters. The summed E-state index contributed by atoms with van der Waals surface area (Å²) in [5, 5.41) is 7.15. The van der Waals surface area contributed by atoms with E-state index < -0.39 is 0 Å². The molecular weight excluding hydrogens is 300 g/mol. The smallest absolute Gasteiger partial charge is 0.227 e. The van der Waals surface area contributed by atoms with Crippen LogP contribution in [0.3, 0.4) is 0 Å². The van der Waals surface area contributed by atoms with E-state index in [1.807, 2.05) is 41.2 Å². The highest BCUT2D eigenvalue weighted by Gasteiger charge is 2.27. The maximum Gasteiger partial charge on any atom is 0.227 e. The number of aromatic nitrogens is 2. The van der Waals surface area contributed by atoms with E-state index in [-0.39, 0.29) is 30.3 Å². The molecule has 1 aliphatic carbocycles. The van der Waals surface area contributed by atoms with Crippen LogP contribution in [0.2, 0.25) is 0 Å². The lowest BCUT2D eigenvalue weighted by molar-refractivity contribution is -0.119. The van der Waals surface area contributed by atoms with E-state index in [2.05, 4.69) is 10.4 Å². The molecule has 1 aromatic carbocycles. The van der Waals surface area contributed by atoms with Crippen LogP contribution < -0.4 is 11.1 Å². The summed E-state index contributed by atoms with van der Waals surface area (Å²) < 4.78 is 1.87. The molecule has 1 aliphatic rings. The quantitative estimate of drug-likeness (QED) is 0.908. The van der Waals surface area contributed by atoms with Gasteiger partial charge in [0, 0.05) is 30.0 Å². The molecule has 0 bridgehead atoms. The van der Waals surface area contributed by atoms with Crippen molar-refractivity contribution in [2.24, 2.45) is 11.7 Å². The van der Waals surface area contributed by atoms with Gasteiger partial charge in [-0.05, 0) is 43.0 Å². The molecule has 5 nitrogen and oxygen atoms in total. The summed E-state index contributed by atoms with van der Waals surface area (Å²) in [6.07, 6.45) is 6.33. The highest BCUT2D eigenvalue weighted by atomic mass is 35.5. The normalized spacial score (nSPS) is 20.4. The van der Waals surface area contributed by atoms with Crippen molar-refractivity contribution >= 4 is 24.0 Å². The number of amides is 1. The zero-order valence-electron chi connectivity index (χ0n) is 12.3. The molecular formula is C16H21ClN4O. The van der Waals surface area contributed by atoms with E-state index in [4.69, 9.17) is 5.73 Å². The molecule has 2 aromatic rings. The average molecular weight is 321 g/mol. The van der Waals surface area contributed by atoms with Gasteiger partial charge in [0.2, 0.25) is 5.91 Å². The van der Waals surface area contributed by atoms with Gasteiger partial charge in [0.1, 0.15) is 0 Å². The number of nitrogens with one attached hydrogen (secondary N) is 1. The van der Waals surface area contributed by atoms with Crippen LogP contribution in [0.1, 0.15) is 24.8 Å². The number of anilines is 1. The fourth-order valence-electron chi connectivity index (χ4n) is 2.77. The fraction of sp³-hybridized carbons (Fsp3) is 0.375. The Balaban J connectivity index is 0.00000176. The number of nitrogens with zero attached hydrogens (tertiary/aromatic N) is 2. The topological polar surface area (TPSA) is 72.9 Å². The fourth-order valence-corrected chi connectivity index (χ4v) is 2.77. The number of carbonyl (C=O) groups excluding carboxylic acids is 1. The van der Waals surface area contributed by atoms with Crippen molar-refractivity contribution in [3.8, 4) is 0 Å². The minimum absolute atomic E-state index is 0. The minimum Gasteiger partial charge on any atom is -0.328 e. The number of benzene rings is 1. The molecule has 1 fully saturated rings. The van der Waals surface area contributed by atoms with Gasteiger partial charge >= 0.3 is 0 Å². The summed E-state index contributed by atoms with van der Waals surface area (Å²) in [5.74, 6) is 0.145. The van der Waals surface area contributed by atoms with E-state index in [0.717, 1.165) is 37.1 Å². The molecule has 0 spiro atoms. The molecule has 1 saturated carbocycles. The Hall–Kier alpha value is -1.85. The Morgan fingerprint density at radius 1 is 1.32 bits per heavy atom. The first-order valence-electron chi connectivity index (χ1n) is 7.33. The van der Waals surface area contributed by atoms with E-state index in [0.29, 0.717) is 0 Å². The Labute approximate surface area is 136 Å². The molecule has 3 rings (SSSR count). The third kappa shape index (κ3) is 4.08. The highest BCUT2D eigenvalue weighted by molar-refractivity contribution is 5.92. The SMILES string of the molecule is Cl.NC1CCC(C(=O)Nc2ccc(Cn3cccn3)cc2)C1. The molecule has 2 unspecified atom stereocenters. The molecule has 1 heterocycles. The van der Waals surface area contributed by atoms with Crippen molar-refractivity contribution in [3.63, 3.8) is 0 Å². The van der Waals surface area contributed by atoms with E-state index in [1.165, 1.54) is 0 Å². The van der Waals surface area contributed by atoms with Gasteiger partial charge < -0.3 is 11.1 Å². The van der Waals surface area contributed by atoms with Crippen LogP contribution in [0.15, 0.2) is 42.7 Å². The summed E-state index contributed by atoms with van der Waals surface area (Å²) in [5.41, 5.74) is 7.84. The summed E-state index contributed by atoms with van der Waals surface area (Å²) >= 11 is 0. The summed E-state index contributed by atoms with van der Waals surface area (Å²) in [6, 6.07) is 9.98. The monoisotopic (exact) mass is 320 g/mol. The van der Waals surface area contributed by atoms with Gasteiger partial charge in [-0.3, -0.25) is 9.48 Å². The molecule has 0 radical (unpaired) electrons. The predicted molar refractivity (Wildman–Crippen MR) is 89.0 cm³/mol. The number of hydrogen-bond acceptors (Lipinski definition) is 3. The van der Waals surface area contributed by atoms with Crippen LogP contribution in [-0.4, -0.2) is 21.7 Å². The van der Waals surface area contributed by atoms with Gasteiger partial charge in [0.05, 0.1) is 6.54 Å². The van der Waals surface area contributed by atoms with E-state index >= 15 is 0 Å². The number of rotatable bonds is 4. The molecule has 1 aromatic heterocycles. The van der Waals surface area contributed by atoms with Gasteiger partial charge in [-0.2, -0.15) is 5.10 Å². The first-order chi connectivity index (χ1) is 10.2. The number of halogens is 1. The molecule has 3 N–H and O–H groups in total. The predicted octanol–water partition coefficient (Wildman–Crippen LogP) is 2.42. The van der Waals surface area contributed by atoms with Crippen LogP contribution in [0, 0.1) is 5.92 Å². The number of carbonyl (C=O) groups is 1. The standard InChI is InChI=1S/C16H20N4O.ClH/c17-14-5-4-13(10-14)16(21)19-15-6-2-12(3-7-15)11-20-9-1-8-18-20;/h1-3,6-9,13-14H,4-5,10-11,17H2,(H,19,21);1H. The Bertz CT molecular complexity index is 597. The summed E-state index contributed by atoms with van der Waals surface area (Å²) in [6.45, 7) is 0.735. The molecule has 0 saturated heterocycles. The average Bonchev–Trinajstić information content (AvgIpc) is 3.12. The second-order valence-corrected chi connectivity index (χ2v) is 5.66. The van der Waals surface area contributed by atoms with Crippen molar-refractivity contribution in [1.82, 2.24) is 9.78 Å².